The third-order valence-corrected chi connectivity index (χ3v) is 14.9. The first kappa shape index (κ1) is 81.1. The van der Waals surface area contributed by atoms with Gasteiger partial charge in [-0.05, 0) is 104 Å². The van der Waals surface area contributed by atoms with Crippen LogP contribution >= 0.6 is 0 Å². The van der Waals surface area contributed by atoms with Crippen LogP contribution in [0.2, 0.25) is 0 Å². The maximum atomic E-state index is 14.2. The van der Waals surface area contributed by atoms with E-state index in [4.69, 9.17) is 15.3 Å². The summed E-state index contributed by atoms with van der Waals surface area (Å²) in [4.78, 5) is 198. The number of halogens is 1. The number of amides is 10. The molecular weight excluding hydrogens is 1350 g/mol. The number of aryl methyl sites for hydroxylation is 1. The lowest BCUT2D eigenvalue weighted by Crippen LogP contribution is -2.51. The molecule has 0 saturated heterocycles. The Morgan fingerprint density at radius 3 is 0.950 bits per heavy atom. The number of hydrogen-bond donors (Lipinski definition) is 19. The van der Waals surface area contributed by atoms with Gasteiger partial charge in [-0.25, -0.2) is 47.8 Å². The molecule has 0 radical (unpaired) electrons. The summed E-state index contributed by atoms with van der Waals surface area (Å²) in [5, 5.41) is 116. The fraction of sp³-hybridized carbons (Fsp3) is 0.419. The number of carbonyl (C=O) groups excluding carboxylic acids is 7. The van der Waals surface area contributed by atoms with Crippen molar-refractivity contribution in [2.75, 3.05) is 22.6 Å². The third-order valence-electron chi connectivity index (χ3n) is 14.9. The van der Waals surface area contributed by atoms with Gasteiger partial charge in [0, 0.05) is 86.6 Å². The number of benzene rings is 3. The maximum absolute atomic E-state index is 14.2. The number of alkyl halides is 1. The molecule has 101 heavy (non-hydrogen) atoms. The zero-order valence-electron chi connectivity index (χ0n) is 53.7. The summed E-state index contributed by atoms with van der Waals surface area (Å²) < 4.78 is 14.2. The molecule has 0 fully saturated rings. The van der Waals surface area contributed by atoms with Gasteiger partial charge in [-0.1, -0.05) is 41.6 Å². The molecule has 1 aromatic heterocycles. The van der Waals surface area contributed by atoms with E-state index in [-0.39, 0.29) is 68.4 Å². The van der Waals surface area contributed by atoms with E-state index in [1.807, 2.05) is 16.0 Å². The van der Waals surface area contributed by atoms with Crippen molar-refractivity contribution < 1.29 is 127 Å². The lowest BCUT2D eigenvalue weighted by molar-refractivity contribution is -0.142. The fourth-order valence-electron chi connectivity index (χ4n) is 9.68. The number of carbonyl (C=O) groups is 16. The summed E-state index contributed by atoms with van der Waals surface area (Å²) in [5.74, 6) is -16.2. The van der Waals surface area contributed by atoms with Crippen molar-refractivity contribution in [3.05, 3.63) is 101 Å². The van der Waals surface area contributed by atoms with Gasteiger partial charge < -0.3 is 99.1 Å². The summed E-state index contributed by atoms with van der Waals surface area (Å²) in [5.41, 5.74) is 0.0301. The lowest BCUT2D eigenvalue weighted by Gasteiger charge is -2.35. The number of carboxylic acid groups (broad SMARTS) is 9. The zero-order valence-corrected chi connectivity index (χ0v) is 53.7. The molecule has 0 aliphatic heterocycles. The van der Waals surface area contributed by atoms with Crippen LogP contribution in [0.15, 0.2) is 79.0 Å². The van der Waals surface area contributed by atoms with Crippen molar-refractivity contribution in [1.82, 2.24) is 52.2 Å². The Kier molecular flexibility index (Phi) is 32.4. The predicted molar refractivity (Wildman–Crippen MR) is 343 cm³/mol. The van der Waals surface area contributed by atoms with Gasteiger partial charge in [0.2, 0.25) is 23.6 Å². The molecule has 1 heterocycles. The van der Waals surface area contributed by atoms with Crippen LogP contribution in [0.4, 0.5) is 35.8 Å². The van der Waals surface area contributed by atoms with Crippen molar-refractivity contribution in [1.29, 1.82) is 0 Å². The monoisotopic (exact) mass is 1420 g/mol. The maximum Gasteiger partial charge on any atom is 0.326 e. The molecule has 0 aliphatic rings. The van der Waals surface area contributed by atoms with Gasteiger partial charge in [0.15, 0.2) is 0 Å². The van der Waals surface area contributed by atoms with Crippen molar-refractivity contribution in [3.8, 4) is 0 Å². The molecule has 4 unspecified atom stereocenters. The highest BCUT2D eigenvalue weighted by Crippen LogP contribution is 2.28. The number of rotatable bonds is 45. The van der Waals surface area contributed by atoms with Gasteiger partial charge in [0.05, 0.1) is 12.4 Å². The molecule has 10 amide bonds. The smallest absolute Gasteiger partial charge is 0.326 e. The largest absolute Gasteiger partial charge is 0.481 e. The van der Waals surface area contributed by atoms with Crippen molar-refractivity contribution in [2.24, 2.45) is 0 Å². The number of nitrogens with zero attached hydrogens (tertiary/aromatic N) is 3. The Morgan fingerprint density at radius 1 is 0.396 bits per heavy atom. The van der Waals surface area contributed by atoms with Crippen LogP contribution in [0.5, 0.6) is 0 Å². The third kappa shape index (κ3) is 30.7. The van der Waals surface area contributed by atoms with E-state index in [1.165, 1.54) is 79.0 Å². The number of urea groups is 3. The van der Waals surface area contributed by atoms with Gasteiger partial charge in [-0.3, -0.25) is 38.0 Å². The van der Waals surface area contributed by atoms with Crippen LogP contribution in [0, 0.1) is 0 Å². The van der Waals surface area contributed by atoms with Crippen LogP contribution in [0.25, 0.3) is 0 Å². The molecule has 546 valence electrons. The van der Waals surface area contributed by atoms with E-state index in [2.05, 4.69) is 47.5 Å². The van der Waals surface area contributed by atoms with E-state index in [0.717, 1.165) is 4.68 Å². The standard InChI is InChI=1S/C62H76FN13O25/c63-27-1-2-39-31-76(75-74-39)32-49(80)73-62(24-21-46(77)64-36-9-3-33(4-10-36)28-43(56(93)94)70-59(99)67-40(53(87)88)15-18-50(81)82,25-22-47(78)65-37-11-5-34(6-12-37)29-44(57(95)96)71-60(100)68-41(54(89)90)16-19-51(83)84)26-23-48(79)66-38-13-7-35(8-14-38)30-45(58(97)98)72-61(101)69-42(55(91)92)17-20-52(85)86/h3-14,31,40-45H,1-2,15-30,32H2,(H,64,77)(H,65,78)(H,66,79)(H,73,80)(H,81,82)(H,83,84)(H,85,86)(H,87,88)(H,89,90)(H,91,92)(H,93,94)(H,95,96)(H,97,98)(H2,67,70,99)(H2,68,71,100)(H2,69,72,101)/t40-,41-,42?,43?,44?,45?,62?/m0/s1. The van der Waals surface area contributed by atoms with Crippen molar-refractivity contribution in [2.45, 2.75) is 157 Å². The van der Waals surface area contributed by atoms with E-state index < -0.39 is 208 Å². The Hall–Kier alpha value is -12.3. The predicted octanol–water partition coefficient (Wildman–Crippen LogP) is 1.13. The minimum atomic E-state index is -1.67. The van der Waals surface area contributed by atoms with E-state index in [0.29, 0.717) is 22.4 Å². The summed E-state index contributed by atoms with van der Waals surface area (Å²) in [6.45, 7) is -1.19. The summed E-state index contributed by atoms with van der Waals surface area (Å²) in [7, 11) is 0. The second-order valence-corrected chi connectivity index (χ2v) is 22.9. The first-order chi connectivity index (χ1) is 47.7. The Morgan fingerprint density at radius 2 is 0.683 bits per heavy atom. The number of carboxylic acids is 9. The molecule has 19 N–H and O–H groups in total. The molecule has 0 saturated carbocycles. The van der Waals surface area contributed by atoms with Crippen molar-refractivity contribution >= 4 is 113 Å². The average molecular weight is 1420 g/mol. The molecule has 39 heteroatoms. The molecule has 4 rings (SSSR count). The number of anilines is 3. The van der Waals surface area contributed by atoms with Gasteiger partial charge in [0.25, 0.3) is 0 Å². The van der Waals surface area contributed by atoms with Gasteiger partial charge >= 0.3 is 71.8 Å². The Balaban J connectivity index is 1.61. The zero-order chi connectivity index (χ0) is 74.9. The lowest BCUT2D eigenvalue weighted by atomic mass is 9.83. The summed E-state index contributed by atoms with van der Waals surface area (Å²) >= 11 is 0. The van der Waals surface area contributed by atoms with Gasteiger partial charge in [-0.15, -0.1) is 5.10 Å². The molecule has 0 aliphatic carbocycles. The second-order valence-electron chi connectivity index (χ2n) is 22.9. The molecule has 6 atom stereocenters. The number of hydrogen-bond acceptors (Lipinski definition) is 18. The first-order valence-electron chi connectivity index (χ1n) is 30.9. The van der Waals surface area contributed by atoms with E-state index in [9.17, 15) is 112 Å². The Bertz CT molecular complexity index is 3310. The normalized spacial score (nSPS) is 13.2. The molecule has 4 aromatic rings. The Labute approximate surface area is 571 Å². The van der Waals surface area contributed by atoms with Gasteiger partial charge in [0.1, 0.15) is 42.8 Å². The topological polar surface area (TPSA) is 606 Å². The van der Waals surface area contributed by atoms with Crippen LogP contribution < -0.4 is 53.2 Å². The minimum Gasteiger partial charge on any atom is -0.481 e. The highest BCUT2D eigenvalue weighted by atomic mass is 19.1. The quantitative estimate of drug-likeness (QED) is 0.0295. The second kappa shape index (κ2) is 40.4. The fourth-order valence-corrected chi connectivity index (χ4v) is 9.68. The van der Waals surface area contributed by atoms with E-state index >= 15 is 0 Å². The number of aromatic nitrogens is 3. The van der Waals surface area contributed by atoms with E-state index in [1.54, 1.807) is 0 Å². The number of nitrogens with one attached hydrogen (secondary N) is 10. The van der Waals surface area contributed by atoms with Crippen LogP contribution in [-0.2, 0) is 94.6 Å². The first-order valence-corrected chi connectivity index (χ1v) is 30.9. The molecular formula is C62H76FN13O25. The molecule has 0 bridgehead atoms. The summed E-state index contributed by atoms with van der Waals surface area (Å²) in [6, 6.07) is 3.10. The van der Waals surface area contributed by atoms with Crippen LogP contribution in [0.1, 0.15) is 106 Å². The van der Waals surface area contributed by atoms with Crippen LogP contribution in [-0.4, -0.2) is 205 Å². The van der Waals surface area contributed by atoms with Crippen LogP contribution in [0.3, 0.4) is 0 Å². The summed E-state index contributed by atoms with van der Waals surface area (Å²) in [6.07, 6.45) is -5.02. The van der Waals surface area contributed by atoms with Gasteiger partial charge in [-0.2, -0.15) is 0 Å². The highest BCUT2D eigenvalue weighted by Gasteiger charge is 2.35. The van der Waals surface area contributed by atoms with Crippen molar-refractivity contribution in [3.63, 3.8) is 0 Å². The minimum absolute atomic E-state index is 0.0976. The average Bonchev–Trinajstić information content (AvgIpc) is 1.77. The molecule has 0 spiro atoms. The SMILES string of the molecule is O=C(O)CCC(NC(=O)NC(Cc1ccc(NC(=O)CCC(CCC(=O)Nc2ccc(CC(NC(=O)N[C@@H](CCC(=O)O)C(=O)O)C(=O)O)cc2)(CCC(=O)Nc2ccc(CC(NC(=O)N[C@@H](CCC(=O)O)C(=O)O)C(=O)O)cc2)NC(=O)Cn2cc(CCCF)nn2)cc1)C(=O)O)C(=O)O. The molecule has 3 aromatic carbocycles. The number of aliphatic carboxylic acids is 9. The highest BCUT2D eigenvalue weighted by molar-refractivity contribution is 5.94. The molecule has 38 nitrogen and oxygen atoms in total.